The van der Waals surface area contributed by atoms with Crippen LogP contribution >= 0.6 is 11.6 Å². The molecule has 1 aliphatic rings. The summed E-state index contributed by atoms with van der Waals surface area (Å²) < 4.78 is 5.02. The Morgan fingerprint density at radius 1 is 1.71 bits per heavy atom. The normalized spacial score (nSPS) is 17.9. The molecule has 0 unspecified atom stereocenters. The molecule has 1 fully saturated rings. The maximum absolute atomic E-state index is 11.1. The summed E-state index contributed by atoms with van der Waals surface area (Å²) >= 11 is 5.40. The third-order valence-corrected chi connectivity index (χ3v) is 2.43. The molecule has 76 valence electrons. The SMILES string of the molecule is Cc1noc(C2(NC(=O)CCl)CC2)n1. The first-order valence-corrected chi connectivity index (χ1v) is 4.87. The zero-order valence-corrected chi connectivity index (χ0v) is 8.47. The summed E-state index contributed by atoms with van der Waals surface area (Å²) in [5, 5.41) is 6.47. The highest BCUT2D eigenvalue weighted by Crippen LogP contribution is 2.44. The molecule has 1 N–H and O–H groups in total. The van der Waals surface area contributed by atoms with Gasteiger partial charge in [-0.25, -0.2) is 0 Å². The lowest BCUT2D eigenvalue weighted by Gasteiger charge is -2.10. The maximum atomic E-state index is 11.1. The van der Waals surface area contributed by atoms with E-state index in [1.807, 2.05) is 0 Å². The van der Waals surface area contributed by atoms with Crippen molar-refractivity contribution in [3.8, 4) is 0 Å². The molecule has 2 rings (SSSR count). The number of carbonyl (C=O) groups is 1. The van der Waals surface area contributed by atoms with E-state index in [4.69, 9.17) is 16.1 Å². The first-order chi connectivity index (χ1) is 6.66. The number of nitrogens with zero attached hydrogens (tertiary/aromatic N) is 2. The Bertz CT molecular complexity index is 359. The quantitative estimate of drug-likeness (QED) is 0.755. The minimum atomic E-state index is -0.437. The lowest BCUT2D eigenvalue weighted by Crippen LogP contribution is -2.35. The molecule has 0 aliphatic heterocycles. The molecule has 5 nitrogen and oxygen atoms in total. The number of aryl methyl sites for hydroxylation is 1. The van der Waals surface area contributed by atoms with E-state index in [9.17, 15) is 4.79 Å². The molecule has 0 radical (unpaired) electrons. The van der Waals surface area contributed by atoms with Crippen LogP contribution in [-0.4, -0.2) is 21.9 Å². The van der Waals surface area contributed by atoms with Gasteiger partial charge in [0.05, 0.1) is 0 Å². The predicted molar refractivity (Wildman–Crippen MR) is 48.8 cm³/mol. The monoisotopic (exact) mass is 215 g/mol. The Labute approximate surface area is 85.8 Å². The molecule has 1 amide bonds. The van der Waals surface area contributed by atoms with Crippen molar-refractivity contribution in [3.63, 3.8) is 0 Å². The van der Waals surface area contributed by atoms with Crippen molar-refractivity contribution in [1.82, 2.24) is 15.5 Å². The minimum absolute atomic E-state index is 0.0468. The summed E-state index contributed by atoms with van der Waals surface area (Å²) in [6.07, 6.45) is 1.66. The van der Waals surface area contributed by atoms with Crippen LogP contribution in [0.2, 0.25) is 0 Å². The highest BCUT2D eigenvalue weighted by molar-refractivity contribution is 6.27. The van der Waals surface area contributed by atoms with Gasteiger partial charge < -0.3 is 9.84 Å². The first kappa shape index (κ1) is 9.45. The van der Waals surface area contributed by atoms with Crippen molar-refractivity contribution in [3.05, 3.63) is 11.7 Å². The Balaban J connectivity index is 2.13. The highest BCUT2D eigenvalue weighted by Gasteiger charge is 2.50. The van der Waals surface area contributed by atoms with Crippen molar-refractivity contribution >= 4 is 17.5 Å². The van der Waals surface area contributed by atoms with E-state index in [2.05, 4.69) is 15.5 Å². The van der Waals surface area contributed by atoms with E-state index in [1.54, 1.807) is 6.92 Å². The molecule has 1 saturated carbocycles. The zero-order chi connectivity index (χ0) is 10.2. The summed E-state index contributed by atoms with van der Waals surface area (Å²) in [6, 6.07) is 0. The van der Waals surface area contributed by atoms with Gasteiger partial charge in [0.25, 0.3) is 5.89 Å². The van der Waals surface area contributed by atoms with E-state index >= 15 is 0 Å². The summed E-state index contributed by atoms with van der Waals surface area (Å²) in [7, 11) is 0. The van der Waals surface area contributed by atoms with Gasteiger partial charge in [0.2, 0.25) is 5.91 Å². The molecule has 1 aromatic rings. The molecular formula is C8H10ClN3O2. The second-order valence-corrected chi connectivity index (χ2v) is 3.68. The number of aromatic nitrogens is 2. The Kier molecular flexibility index (Phi) is 2.19. The molecular weight excluding hydrogens is 206 g/mol. The third-order valence-electron chi connectivity index (χ3n) is 2.19. The molecule has 14 heavy (non-hydrogen) atoms. The standard InChI is InChI=1S/C8H10ClN3O2/c1-5-10-7(14-12-5)8(2-3-8)11-6(13)4-9/h2-4H2,1H3,(H,11,13). The highest BCUT2D eigenvalue weighted by atomic mass is 35.5. The summed E-state index contributed by atoms with van der Waals surface area (Å²) in [6.45, 7) is 1.74. The van der Waals surface area contributed by atoms with Gasteiger partial charge >= 0.3 is 0 Å². The number of alkyl halides is 1. The van der Waals surface area contributed by atoms with Crippen molar-refractivity contribution in [2.45, 2.75) is 25.3 Å². The van der Waals surface area contributed by atoms with Crippen molar-refractivity contribution in [1.29, 1.82) is 0 Å². The lowest BCUT2D eigenvalue weighted by molar-refractivity contribution is -0.119. The van der Waals surface area contributed by atoms with Crippen LogP contribution < -0.4 is 5.32 Å². The molecule has 0 atom stereocenters. The molecule has 0 aromatic carbocycles. The molecule has 6 heteroatoms. The number of nitrogens with one attached hydrogen (secondary N) is 1. The fourth-order valence-corrected chi connectivity index (χ4v) is 1.38. The van der Waals surface area contributed by atoms with Crippen LogP contribution in [0.25, 0.3) is 0 Å². The van der Waals surface area contributed by atoms with Gasteiger partial charge in [-0.1, -0.05) is 5.16 Å². The van der Waals surface area contributed by atoms with Crippen molar-refractivity contribution in [2.75, 3.05) is 5.88 Å². The summed E-state index contributed by atoms with van der Waals surface area (Å²) in [5.41, 5.74) is -0.437. The summed E-state index contributed by atoms with van der Waals surface area (Å²) in [4.78, 5) is 15.2. The van der Waals surface area contributed by atoms with E-state index < -0.39 is 5.54 Å². The first-order valence-electron chi connectivity index (χ1n) is 4.34. The van der Waals surface area contributed by atoms with E-state index in [1.165, 1.54) is 0 Å². The number of amides is 1. The molecule has 1 aromatic heterocycles. The molecule has 0 bridgehead atoms. The molecule has 0 spiro atoms. The Morgan fingerprint density at radius 3 is 2.86 bits per heavy atom. The summed E-state index contributed by atoms with van der Waals surface area (Å²) in [5.74, 6) is 0.800. The van der Waals surface area contributed by atoms with Gasteiger partial charge in [0.1, 0.15) is 11.4 Å². The van der Waals surface area contributed by atoms with E-state index in [0.717, 1.165) is 12.8 Å². The topological polar surface area (TPSA) is 68.0 Å². The zero-order valence-electron chi connectivity index (χ0n) is 7.71. The maximum Gasteiger partial charge on any atom is 0.252 e. The van der Waals surface area contributed by atoms with Crippen LogP contribution in [0.15, 0.2) is 4.52 Å². The van der Waals surface area contributed by atoms with Crippen LogP contribution in [-0.2, 0) is 10.3 Å². The van der Waals surface area contributed by atoms with Crippen LogP contribution in [0.3, 0.4) is 0 Å². The molecule has 1 aliphatic carbocycles. The van der Waals surface area contributed by atoms with Gasteiger partial charge in [-0.3, -0.25) is 4.79 Å². The average Bonchev–Trinajstić information content (AvgIpc) is 2.81. The third kappa shape index (κ3) is 1.59. The van der Waals surface area contributed by atoms with E-state index in [0.29, 0.717) is 11.7 Å². The second kappa shape index (κ2) is 3.24. The Morgan fingerprint density at radius 2 is 2.43 bits per heavy atom. The smallest absolute Gasteiger partial charge is 0.252 e. The number of carbonyl (C=O) groups excluding carboxylic acids is 1. The van der Waals surface area contributed by atoms with Gasteiger partial charge in [0.15, 0.2) is 5.82 Å². The number of hydrogen-bond acceptors (Lipinski definition) is 4. The molecule has 0 saturated heterocycles. The van der Waals surface area contributed by atoms with Gasteiger partial charge in [-0.2, -0.15) is 4.98 Å². The Hall–Kier alpha value is -1.10. The van der Waals surface area contributed by atoms with Gasteiger partial charge in [-0.15, -0.1) is 11.6 Å². The van der Waals surface area contributed by atoms with E-state index in [-0.39, 0.29) is 11.8 Å². The average molecular weight is 216 g/mol. The van der Waals surface area contributed by atoms with Crippen LogP contribution in [0.4, 0.5) is 0 Å². The predicted octanol–water partition coefficient (Wildman–Crippen LogP) is 0.722. The van der Waals surface area contributed by atoms with Crippen molar-refractivity contribution < 1.29 is 9.32 Å². The van der Waals surface area contributed by atoms with Gasteiger partial charge in [-0.05, 0) is 19.8 Å². The largest absolute Gasteiger partial charge is 0.341 e. The fraction of sp³-hybridized carbons (Fsp3) is 0.625. The van der Waals surface area contributed by atoms with Crippen LogP contribution in [0.1, 0.15) is 24.6 Å². The van der Waals surface area contributed by atoms with Crippen LogP contribution in [0.5, 0.6) is 0 Å². The fourth-order valence-electron chi connectivity index (χ4n) is 1.31. The number of rotatable bonds is 3. The number of halogens is 1. The number of hydrogen-bond donors (Lipinski definition) is 1. The van der Waals surface area contributed by atoms with Crippen LogP contribution in [0, 0.1) is 6.92 Å². The lowest BCUT2D eigenvalue weighted by atomic mass is 10.2. The second-order valence-electron chi connectivity index (χ2n) is 3.41. The minimum Gasteiger partial charge on any atom is -0.341 e. The molecule has 1 heterocycles. The van der Waals surface area contributed by atoms with Crippen molar-refractivity contribution in [2.24, 2.45) is 0 Å². The van der Waals surface area contributed by atoms with Gasteiger partial charge in [0, 0.05) is 0 Å².